The monoisotopic (exact) mass is 272 g/mol. The van der Waals surface area contributed by atoms with Gasteiger partial charge in [-0.1, -0.05) is 18.2 Å². The predicted molar refractivity (Wildman–Crippen MR) is 81.1 cm³/mol. The Balaban J connectivity index is 2.24. The van der Waals surface area contributed by atoms with Crippen LogP contribution in [0.25, 0.3) is 0 Å². The molecule has 2 rings (SSSR count). The predicted octanol–water partition coefficient (Wildman–Crippen LogP) is 1.28. The van der Waals surface area contributed by atoms with Crippen LogP contribution in [-0.4, -0.2) is 22.9 Å². The number of hydrogen-bond acceptors (Lipinski definition) is 4. The van der Waals surface area contributed by atoms with Crippen molar-refractivity contribution in [2.24, 2.45) is 5.73 Å². The zero-order valence-corrected chi connectivity index (χ0v) is 11.9. The van der Waals surface area contributed by atoms with Gasteiger partial charge in [0.15, 0.2) is 0 Å². The first-order valence-electron chi connectivity index (χ1n) is 6.68. The molecule has 0 saturated carbocycles. The summed E-state index contributed by atoms with van der Waals surface area (Å²) in [5.74, 6) is 0. The topological polar surface area (TPSA) is 72.9 Å². The van der Waals surface area contributed by atoms with Gasteiger partial charge in [-0.05, 0) is 30.5 Å². The zero-order valence-electron chi connectivity index (χ0n) is 11.9. The van der Waals surface area contributed by atoms with E-state index in [1.54, 1.807) is 12.3 Å². The Morgan fingerprint density at radius 3 is 2.60 bits per heavy atom. The number of hydrogen-bond donors (Lipinski definition) is 2. The summed E-state index contributed by atoms with van der Waals surface area (Å²) < 4.78 is 1.48. The molecule has 1 heterocycles. The third kappa shape index (κ3) is 3.24. The summed E-state index contributed by atoms with van der Waals surface area (Å²) in [6, 6.07) is 7.66. The average Bonchev–Trinajstić information content (AvgIpc) is 2.42. The summed E-state index contributed by atoms with van der Waals surface area (Å²) in [4.78, 5) is 12.1. The average molecular weight is 272 g/mol. The molecule has 0 aliphatic carbocycles. The summed E-state index contributed by atoms with van der Waals surface area (Å²) in [5, 5.41) is 7.26. The third-order valence-corrected chi connectivity index (χ3v) is 3.30. The van der Waals surface area contributed by atoms with Crippen molar-refractivity contribution in [2.45, 2.75) is 20.4 Å². The normalized spacial score (nSPS) is 10.6. The standard InChI is InChI=1S/C15H20N4O/c1-11-4-3-5-12(2)14(11)10-19-15(20)8-13(9-18-19)17-7-6-16/h3-5,8-9,17H,6-7,10,16H2,1-2H3. The van der Waals surface area contributed by atoms with Crippen LogP contribution in [0.2, 0.25) is 0 Å². The van der Waals surface area contributed by atoms with Gasteiger partial charge in [0.05, 0.1) is 18.4 Å². The molecule has 0 bridgehead atoms. The molecular weight excluding hydrogens is 252 g/mol. The van der Waals surface area contributed by atoms with Gasteiger partial charge in [-0.15, -0.1) is 0 Å². The second kappa shape index (κ2) is 6.34. The van der Waals surface area contributed by atoms with Crippen LogP contribution in [0, 0.1) is 13.8 Å². The maximum absolute atomic E-state index is 12.1. The number of rotatable bonds is 5. The molecular formula is C15H20N4O. The Kier molecular flexibility index (Phi) is 4.53. The van der Waals surface area contributed by atoms with Crippen LogP contribution in [0.1, 0.15) is 16.7 Å². The van der Waals surface area contributed by atoms with Crippen molar-refractivity contribution in [3.05, 3.63) is 57.5 Å². The molecule has 5 nitrogen and oxygen atoms in total. The van der Waals surface area contributed by atoms with Crippen molar-refractivity contribution < 1.29 is 0 Å². The molecule has 0 spiro atoms. The minimum Gasteiger partial charge on any atom is -0.382 e. The van der Waals surface area contributed by atoms with Crippen LogP contribution in [0.5, 0.6) is 0 Å². The highest BCUT2D eigenvalue weighted by Gasteiger charge is 2.06. The van der Waals surface area contributed by atoms with Gasteiger partial charge in [-0.3, -0.25) is 4.79 Å². The van der Waals surface area contributed by atoms with Crippen LogP contribution < -0.4 is 16.6 Å². The third-order valence-electron chi connectivity index (χ3n) is 3.30. The first-order valence-corrected chi connectivity index (χ1v) is 6.68. The molecule has 0 aliphatic heterocycles. The quantitative estimate of drug-likeness (QED) is 0.860. The van der Waals surface area contributed by atoms with Gasteiger partial charge in [-0.25, -0.2) is 4.68 Å². The summed E-state index contributed by atoms with van der Waals surface area (Å²) in [5.41, 5.74) is 9.49. The molecule has 5 heteroatoms. The number of nitrogens with two attached hydrogens (primary N) is 1. The van der Waals surface area contributed by atoms with Crippen molar-refractivity contribution in [1.29, 1.82) is 0 Å². The smallest absolute Gasteiger partial charge is 0.269 e. The molecule has 20 heavy (non-hydrogen) atoms. The first-order chi connectivity index (χ1) is 9.61. The molecule has 0 saturated heterocycles. The number of nitrogens with zero attached hydrogens (tertiary/aromatic N) is 2. The highest BCUT2D eigenvalue weighted by Crippen LogP contribution is 2.13. The van der Waals surface area contributed by atoms with E-state index >= 15 is 0 Å². The van der Waals surface area contributed by atoms with Gasteiger partial charge >= 0.3 is 0 Å². The Morgan fingerprint density at radius 2 is 2.00 bits per heavy atom. The molecule has 1 aromatic heterocycles. The Bertz CT molecular complexity index is 628. The minimum absolute atomic E-state index is 0.116. The lowest BCUT2D eigenvalue weighted by molar-refractivity contribution is 0.635. The SMILES string of the molecule is Cc1cccc(C)c1Cn1ncc(NCCN)cc1=O. The van der Waals surface area contributed by atoms with E-state index in [9.17, 15) is 4.79 Å². The number of aromatic nitrogens is 2. The van der Waals surface area contributed by atoms with E-state index in [0.29, 0.717) is 25.3 Å². The molecule has 0 unspecified atom stereocenters. The highest BCUT2D eigenvalue weighted by atomic mass is 16.1. The van der Waals surface area contributed by atoms with E-state index in [0.717, 1.165) is 5.56 Å². The number of nitrogens with one attached hydrogen (secondary N) is 1. The summed E-state index contributed by atoms with van der Waals surface area (Å²) in [6.07, 6.45) is 1.66. The van der Waals surface area contributed by atoms with Crippen LogP contribution in [0.4, 0.5) is 5.69 Å². The molecule has 106 valence electrons. The lowest BCUT2D eigenvalue weighted by atomic mass is 10.0. The van der Waals surface area contributed by atoms with Crippen LogP contribution in [0.3, 0.4) is 0 Å². The molecule has 0 fully saturated rings. The molecule has 0 radical (unpaired) electrons. The number of anilines is 1. The molecule has 0 aliphatic rings. The van der Waals surface area contributed by atoms with Crippen molar-refractivity contribution in [2.75, 3.05) is 18.4 Å². The van der Waals surface area contributed by atoms with Crippen LogP contribution in [0.15, 0.2) is 35.3 Å². The van der Waals surface area contributed by atoms with Gasteiger partial charge in [0, 0.05) is 19.2 Å². The van der Waals surface area contributed by atoms with Crippen molar-refractivity contribution >= 4 is 5.69 Å². The lowest BCUT2D eigenvalue weighted by Crippen LogP contribution is -2.24. The highest BCUT2D eigenvalue weighted by molar-refractivity contribution is 5.39. The summed E-state index contributed by atoms with van der Waals surface area (Å²) >= 11 is 0. The van der Waals surface area contributed by atoms with E-state index in [-0.39, 0.29) is 5.56 Å². The fraction of sp³-hybridized carbons (Fsp3) is 0.333. The Morgan fingerprint density at radius 1 is 1.30 bits per heavy atom. The van der Waals surface area contributed by atoms with Crippen molar-refractivity contribution in [1.82, 2.24) is 9.78 Å². The van der Waals surface area contributed by atoms with E-state index < -0.39 is 0 Å². The Hall–Kier alpha value is -2.14. The molecule has 3 N–H and O–H groups in total. The molecule has 0 atom stereocenters. The maximum Gasteiger partial charge on any atom is 0.269 e. The van der Waals surface area contributed by atoms with Gasteiger partial charge in [0.1, 0.15) is 0 Å². The van der Waals surface area contributed by atoms with Gasteiger partial charge in [0.25, 0.3) is 5.56 Å². The van der Waals surface area contributed by atoms with E-state index in [1.807, 2.05) is 32.0 Å². The zero-order chi connectivity index (χ0) is 14.5. The second-order valence-corrected chi connectivity index (χ2v) is 4.83. The van der Waals surface area contributed by atoms with Gasteiger partial charge in [0.2, 0.25) is 0 Å². The Labute approximate surface area is 118 Å². The number of aryl methyl sites for hydroxylation is 2. The van der Waals surface area contributed by atoms with Crippen molar-refractivity contribution in [3.8, 4) is 0 Å². The summed E-state index contributed by atoms with van der Waals surface area (Å²) in [6.45, 7) is 5.73. The molecule has 1 aromatic carbocycles. The lowest BCUT2D eigenvalue weighted by Gasteiger charge is -2.11. The maximum atomic E-state index is 12.1. The van der Waals surface area contributed by atoms with Gasteiger partial charge < -0.3 is 11.1 Å². The van der Waals surface area contributed by atoms with E-state index in [1.165, 1.54) is 15.8 Å². The fourth-order valence-electron chi connectivity index (χ4n) is 2.11. The first kappa shape index (κ1) is 14.3. The van der Waals surface area contributed by atoms with Gasteiger partial charge in [-0.2, -0.15) is 5.10 Å². The fourth-order valence-corrected chi connectivity index (χ4v) is 2.11. The minimum atomic E-state index is -0.116. The number of benzene rings is 1. The largest absolute Gasteiger partial charge is 0.382 e. The molecule has 2 aromatic rings. The second-order valence-electron chi connectivity index (χ2n) is 4.83. The van der Waals surface area contributed by atoms with Crippen LogP contribution in [-0.2, 0) is 6.54 Å². The molecule has 0 amide bonds. The van der Waals surface area contributed by atoms with E-state index in [2.05, 4.69) is 10.4 Å². The van der Waals surface area contributed by atoms with Crippen LogP contribution >= 0.6 is 0 Å². The summed E-state index contributed by atoms with van der Waals surface area (Å²) in [7, 11) is 0. The van der Waals surface area contributed by atoms with Crippen molar-refractivity contribution in [3.63, 3.8) is 0 Å². The van der Waals surface area contributed by atoms with E-state index in [4.69, 9.17) is 5.73 Å².